The van der Waals surface area contributed by atoms with Crippen molar-refractivity contribution in [2.24, 2.45) is 0 Å². The number of hydrogen-bond donors (Lipinski definition) is 1. The highest BCUT2D eigenvalue weighted by atomic mass is 16.5. The molecule has 4 heteroatoms. The van der Waals surface area contributed by atoms with Gasteiger partial charge >= 0.3 is 0 Å². The van der Waals surface area contributed by atoms with E-state index >= 15 is 0 Å². The average Bonchev–Trinajstić information content (AvgIpc) is 2.80. The van der Waals surface area contributed by atoms with Crippen molar-refractivity contribution in [3.63, 3.8) is 0 Å². The van der Waals surface area contributed by atoms with Gasteiger partial charge in [0.1, 0.15) is 11.9 Å². The summed E-state index contributed by atoms with van der Waals surface area (Å²) in [6.45, 7) is 4.00. The normalized spacial score (nSPS) is 11.4. The maximum Gasteiger partial charge on any atom is 0.122 e. The van der Waals surface area contributed by atoms with E-state index in [-0.39, 0.29) is 0 Å². The lowest BCUT2D eigenvalue weighted by Crippen LogP contribution is -2.04. The molecule has 2 heterocycles. The molecule has 0 aliphatic heterocycles. The molecule has 2 aromatic carbocycles. The van der Waals surface area contributed by atoms with Crippen LogP contribution in [0, 0.1) is 0 Å². The molecule has 0 fully saturated rings. The zero-order chi connectivity index (χ0) is 19.9. The molecular formula is C24H24N2O2. The topological polar surface area (TPSA) is 55.2 Å². The Balaban J connectivity index is 0.00000109. The van der Waals surface area contributed by atoms with Crippen molar-refractivity contribution >= 4 is 10.9 Å². The van der Waals surface area contributed by atoms with Crippen LogP contribution in [0.4, 0.5) is 0 Å². The summed E-state index contributed by atoms with van der Waals surface area (Å²) in [7, 11) is 1.64. The Kier molecular flexibility index (Phi) is 6.35. The molecule has 0 aliphatic rings. The predicted octanol–water partition coefficient (Wildman–Crippen LogP) is 5.41. The molecule has 1 N–H and O–H groups in total. The number of benzene rings is 2. The van der Waals surface area contributed by atoms with Gasteiger partial charge in [0, 0.05) is 17.1 Å². The number of hydrogen-bond acceptors (Lipinski definition) is 4. The van der Waals surface area contributed by atoms with Crippen molar-refractivity contribution < 1.29 is 9.84 Å². The summed E-state index contributed by atoms with van der Waals surface area (Å²) < 4.78 is 5.23. The smallest absolute Gasteiger partial charge is 0.122 e. The highest BCUT2D eigenvalue weighted by Crippen LogP contribution is 2.31. The Hall–Kier alpha value is -3.24. The first-order valence-electron chi connectivity index (χ1n) is 9.39. The number of para-hydroxylation sites is 1. The molecule has 28 heavy (non-hydrogen) atoms. The molecule has 1 atom stereocenters. The van der Waals surface area contributed by atoms with Crippen molar-refractivity contribution in [1.82, 2.24) is 9.97 Å². The van der Waals surface area contributed by atoms with Gasteiger partial charge in [-0.25, -0.2) is 4.98 Å². The van der Waals surface area contributed by atoms with E-state index in [1.807, 2.05) is 86.6 Å². The number of pyridine rings is 2. The maximum atomic E-state index is 10.9. The van der Waals surface area contributed by atoms with Crippen LogP contribution in [0.25, 0.3) is 22.2 Å². The minimum atomic E-state index is -0.818. The number of aliphatic hydroxyl groups excluding tert-OH is 1. The largest absolute Gasteiger partial charge is 0.497 e. The fourth-order valence-corrected chi connectivity index (χ4v) is 3.04. The molecule has 0 bridgehead atoms. The molecule has 4 nitrogen and oxygen atoms in total. The van der Waals surface area contributed by atoms with Crippen LogP contribution >= 0.6 is 0 Å². The fraction of sp³-hybridized carbons (Fsp3) is 0.167. The number of aromatic nitrogens is 2. The first-order valence-corrected chi connectivity index (χ1v) is 9.39. The summed E-state index contributed by atoms with van der Waals surface area (Å²) in [4.78, 5) is 9.07. The van der Waals surface area contributed by atoms with Gasteiger partial charge in [0.05, 0.1) is 24.0 Å². The summed E-state index contributed by atoms with van der Waals surface area (Å²) in [6.07, 6.45) is 0.868. The second-order valence-corrected chi connectivity index (χ2v) is 6.00. The van der Waals surface area contributed by atoms with Crippen molar-refractivity contribution in [1.29, 1.82) is 0 Å². The molecule has 142 valence electrons. The lowest BCUT2D eigenvalue weighted by Gasteiger charge is -2.15. The first-order chi connectivity index (χ1) is 13.8. The van der Waals surface area contributed by atoms with E-state index in [0.717, 1.165) is 33.5 Å². The third-order valence-electron chi connectivity index (χ3n) is 4.40. The quantitative estimate of drug-likeness (QED) is 0.520. The Labute approximate surface area is 165 Å². The van der Waals surface area contributed by atoms with E-state index in [1.165, 1.54) is 0 Å². The van der Waals surface area contributed by atoms with Crippen molar-refractivity contribution in [3.05, 3.63) is 90.3 Å². The molecule has 0 saturated carbocycles. The van der Waals surface area contributed by atoms with Gasteiger partial charge < -0.3 is 9.84 Å². The first kappa shape index (κ1) is 19.5. The highest BCUT2D eigenvalue weighted by Gasteiger charge is 2.17. The standard InChI is InChI=1S/C22H18N2O2.C2H6/c1-26-16-11-9-15(10-12-16)21-14-18(17-6-2-3-7-19(17)24-21)22(25)20-8-4-5-13-23-20;1-2/h2-14,22,25H,1H3;1-2H3. The van der Waals surface area contributed by atoms with Crippen molar-refractivity contribution in [2.45, 2.75) is 20.0 Å². The van der Waals surface area contributed by atoms with Gasteiger partial charge in [-0.3, -0.25) is 4.98 Å². The predicted molar refractivity (Wildman–Crippen MR) is 113 cm³/mol. The van der Waals surface area contributed by atoms with E-state index < -0.39 is 6.10 Å². The Morgan fingerprint density at radius 3 is 2.29 bits per heavy atom. The van der Waals surface area contributed by atoms with Gasteiger partial charge in [-0.1, -0.05) is 38.1 Å². The van der Waals surface area contributed by atoms with Gasteiger partial charge in [-0.15, -0.1) is 0 Å². The SMILES string of the molecule is CC.COc1ccc(-c2cc(C(O)c3ccccn3)c3ccccc3n2)cc1. The summed E-state index contributed by atoms with van der Waals surface area (Å²) in [5.74, 6) is 0.795. The maximum absolute atomic E-state index is 10.9. The fourth-order valence-electron chi connectivity index (χ4n) is 3.04. The molecule has 0 saturated heterocycles. The number of rotatable bonds is 4. The summed E-state index contributed by atoms with van der Waals surface area (Å²) >= 11 is 0. The summed E-state index contributed by atoms with van der Waals surface area (Å²) in [5.41, 5.74) is 4.01. The third-order valence-corrected chi connectivity index (χ3v) is 4.40. The Morgan fingerprint density at radius 1 is 0.893 bits per heavy atom. The molecule has 0 amide bonds. The minimum Gasteiger partial charge on any atom is -0.497 e. The van der Waals surface area contributed by atoms with Crippen molar-refractivity contribution in [3.8, 4) is 17.0 Å². The van der Waals surface area contributed by atoms with E-state index in [0.29, 0.717) is 5.69 Å². The zero-order valence-corrected chi connectivity index (χ0v) is 16.3. The van der Waals surface area contributed by atoms with E-state index in [4.69, 9.17) is 9.72 Å². The van der Waals surface area contributed by atoms with Crippen LogP contribution in [0.1, 0.15) is 31.2 Å². The number of nitrogens with zero attached hydrogens (tertiary/aromatic N) is 2. The molecule has 4 rings (SSSR count). The van der Waals surface area contributed by atoms with Gasteiger partial charge in [0.15, 0.2) is 0 Å². The van der Waals surface area contributed by atoms with Crippen LogP contribution in [-0.2, 0) is 0 Å². The minimum absolute atomic E-state index is 0.615. The lowest BCUT2D eigenvalue weighted by atomic mass is 9.98. The monoisotopic (exact) mass is 372 g/mol. The Morgan fingerprint density at radius 2 is 1.61 bits per heavy atom. The third kappa shape index (κ3) is 4.02. The molecule has 0 spiro atoms. The lowest BCUT2D eigenvalue weighted by molar-refractivity contribution is 0.217. The molecule has 1 unspecified atom stereocenters. The van der Waals surface area contributed by atoms with Crippen LogP contribution in [-0.4, -0.2) is 22.2 Å². The van der Waals surface area contributed by atoms with Gasteiger partial charge in [0.25, 0.3) is 0 Å². The summed E-state index contributed by atoms with van der Waals surface area (Å²) in [6, 6.07) is 23.0. The van der Waals surface area contributed by atoms with Crippen molar-refractivity contribution in [2.75, 3.05) is 7.11 Å². The zero-order valence-electron chi connectivity index (χ0n) is 16.3. The second kappa shape index (κ2) is 9.11. The highest BCUT2D eigenvalue weighted by molar-refractivity contribution is 5.86. The van der Waals surface area contributed by atoms with Crippen LogP contribution in [0.3, 0.4) is 0 Å². The average molecular weight is 372 g/mol. The number of fused-ring (bicyclic) bond motifs is 1. The Bertz CT molecular complexity index is 1030. The van der Waals surface area contributed by atoms with E-state index in [1.54, 1.807) is 13.3 Å². The molecule has 2 aromatic heterocycles. The van der Waals surface area contributed by atoms with E-state index in [9.17, 15) is 5.11 Å². The number of methoxy groups -OCH3 is 1. The molecular weight excluding hydrogens is 348 g/mol. The summed E-state index contributed by atoms with van der Waals surface area (Å²) in [5, 5.41) is 11.9. The molecule has 0 radical (unpaired) electrons. The second-order valence-electron chi connectivity index (χ2n) is 6.00. The van der Waals surface area contributed by atoms with Crippen LogP contribution in [0.15, 0.2) is 79.0 Å². The van der Waals surface area contributed by atoms with Crippen LogP contribution in [0.5, 0.6) is 5.75 Å². The van der Waals surface area contributed by atoms with Crippen LogP contribution in [0.2, 0.25) is 0 Å². The van der Waals surface area contributed by atoms with Gasteiger partial charge in [0.2, 0.25) is 0 Å². The van der Waals surface area contributed by atoms with Gasteiger partial charge in [-0.05, 0) is 54.1 Å². The number of ether oxygens (including phenoxy) is 1. The molecule has 0 aliphatic carbocycles. The van der Waals surface area contributed by atoms with Gasteiger partial charge in [-0.2, -0.15) is 0 Å². The molecule has 4 aromatic rings. The van der Waals surface area contributed by atoms with Crippen LogP contribution < -0.4 is 4.74 Å². The van der Waals surface area contributed by atoms with E-state index in [2.05, 4.69) is 4.98 Å². The number of aliphatic hydroxyl groups is 1.